The number of nitrogens with two attached hydrogens (primary N) is 1. The largest absolute Gasteiger partial charge is 0.508 e. The van der Waals surface area contributed by atoms with E-state index in [1.807, 2.05) is 37.3 Å². The smallest absolute Gasteiger partial charge is 0.260 e. The first-order chi connectivity index (χ1) is 12.6. The van der Waals surface area contributed by atoms with Gasteiger partial charge in [-0.2, -0.15) is 0 Å². The van der Waals surface area contributed by atoms with Crippen LogP contribution in [0.2, 0.25) is 0 Å². The second-order valence-corrected chi connectivity index (χ2v) is 6.05. The number of H-pyrrole nitrogens is 1. The summed E-state index contributed by atoms with van der Waals surface area (Å²) in [6, 6.07) is 12.5. The van der Waals surface area contributed by atoms with E-state index >= 15 is 0 Å². The summed E-state index contributed by atoms with van der Waals surface area (Å²) in [6.45, 7) is 1.92. The minimum atomic E-state index is -0.315. The second kappa shape index (κ2) is 6.00. The maximum Gasteiger partial charge on any atom is 0.260 e. The summed E-state index contributed by atoms with van der Waals surface area (Å²) in [5.74, 6) is 0.129. The summed E-state index contributed by atoms with van der Waals surface area (Å²) in [6.07, 6.45) is 3.04. The number of aromatic amines is 1. The number of phenolic OH excluding ortho intramolecular Hbond substituents is 1. The molecule has 0 bridgehead atoms. The number of aromatic hydroxyl groups is 1. The molecule has 2 aromatic heterocycles. The average molecular weight is 344 g/mol. The first-order valence-electron chi connectivity index (χ1n) is 8.07. The molecule has 0 atom stereocenters. The molecule has 4 rings (SSSR count). The molecule has 0 aliphatic carbocycles. The molecule has 26 heavy (non-hydrogen) atoms. The summed E-state index contributed by atoms with van der Waals surface area (Å²) >= 11 is 0. The number of anilines is 1. The maximum absolute atomic E-state index is 12.5. The lowest BCUT2D eigenvalue weighted by atomic mass is 9.93. The predicted octanol–water partition coefficient (Wildman–Crippen LogP) is 3.25. The van der Waals surface area contributed by atoms with E-state index in [0.29, 0.717) is 33.4 Å². The zero-order valence-corrected chi connectivity index (χ0v) is 14.0. The molecule has 6 heteroatoms. The fourth-order valence-corrected chi connectivity index (χ4v) is 3.12. The molecular formula is C20H16N4O2. The average Bonchev–Trinajstić information content (AvgIpc) is 2.65. The summed E-state index contributed by atoms with van der Waals surface area (Å²) < 4.78 is 0. The summed E-state index contributed by atoms with van der Waals surface area (Å²) in [4.78, 5) is 23.8. The molecule has 6 nitrogen and oxygen atoms in total. The first-order valence-corrected chi connectivity index (χ1v) is 8.07. The van der Waals surface area contributed by atoms with Crippen molar-refractivity contribution >= 4 is 16.6 Å². The van der Waals surface area contributed by atoms with Crippen molar-refractivity contribution < 1.29 is 5.11 Å². The van der Waals surface area contributed by atoms with Crippen molar-refractivity contribution in [3.8, 4) is 28.1 Å². The van der Waals surface area contributed by atoms with Crippen LogP contribution >= 0.6 is 0 Å². The molecule has 0 spiro atoms. The van der Waals surface area contributed by atoms with E-state index in [9.17, 15) is 9.90 Å². The SMILES string of the molecule is Cc1ccc(O)cc1-c1cc(-c2ccccn2)c2nc[nH]c(=O)c2c1N. The fraction of sp³-hybridized carbons (Fsp3) is 0.0500. The molecule has 0 aliphatic heterocycles. The van der Waals surface area contributed by atoms with Crippen LogP contribution in [0.1, 0.15) is 5.56 Å². The third kappa shape index (κ3) is 2.48. The van der Waals surface area contributed by atoms with Gasteiger partial charge in [0.1, 0.15) is 5.75 Å². The molecule has 4 N–H and O–H groups in total. The van der Waals surface area contributed by atoms with Crippen molar-refractivity contribution in [1.82, 2.24) is 15.0 Å². The fourth-order valence-electron chi connectivity index (χ4n) is 3.12. The number of nitrogen functional groups attached to an aromatic ring is 1. The quantitative estimate of drug-likeness (QED) is 0.484. The number of pyridine rings is 1. The normalized spacial score (nSPS) is 11.0. The number of nitrogens with zero attached hydrogens (tertiary/aromatic N) is 2. The highest BCUT2D eigenvalue weighted by atomic mass is 16.3. The van der Waals surface area contributed by atoms with Crippen LogP contribution in [0.25, 0.3) is 33.3 Å². The third-order valence-corrected chi connectivity index (χ3v) is 4.41. The molecule has 0 radical (unpaired) electrons. The maximum atomic E-state index is 12.5. The van der Waals surface area contributed by atoms with E-state index in [4.69, 9.17) is 5.73 Å². The van der Waals surface area contributed by atoms with Gasteiger partial charge in [0.15, 0.2) is 0 Å². The number of fused-ring (bicyclic) bond motifs is 1. The summed E-state index contributed by atoms with van der Waals surface area (Å²) in [5, 5.41) is 10.2. The second-order valence-electron chi connectivity index (χ2n) is 6.05. The van der Waals surface area contributed by atoms with Crippen LogP contribution < -0.4 is 11.3 Å². The Morgan fingerprint density at radius 2 is 1.88 bits per heavy atom. The molecule has 0 saturated heterocycles. The van der Waals surface area contributed by atoms with Crippen molar-refractivity contribution in [2.75, 3.05) is 5.73 Å². The lowest BCUT2D eigenvalue weighted by Gasteiger charge is -2.14. The van der Waals surface area contributed by atoms with Gasteiger partial charge in [0.2, 0.25) is 0 Å². The van der Waals surface area contributed by atoms with Gasteiger partial charge >= 0.3 is 0 Å². The molecule has 2 aromatic carbocycles. The number of aromatic nitrogens is 3. The lowest BCUT2D eigenvalue weighted by molar-refractivity contribution is 0.475. The number of aryl methyl sites for hydroxylation is 1. The number of hydrogen-bond acceptors (Lipinski definition) is 5. The van der Waals surface area contributed by atoms with Crippen molar-refractivity contribution in [3.05, 3.63) is 70.9 Å². The Morgan fingerprint density at radius 3 is 2.65 bits per heavy atom. The zero-order valence-electron chi connectivity index (χ0n) is 14.0. The van der Waals surface area contributed by atoms with Crippen molar-refractivity contribution in [2.24, 2.45) is 0 Å². The van der Waals surface area contributed by atoms with E-state index in [0.717, 1.165) is 11.1 Å². The Labute approximate surface area is 149 Å². The van der Waals surface area contributed by atoms with E-state index in [2.05, 4.69) is 15.0 Å². The van der Waals surface area contributed by atoms with Crippen LogP contribution in [0.15, 0.2) is 59.8 Å². The molecule has 0 unspecified atom stereocenters. The van der Waals surface area contributed by atoms with Gasteiger partial charge < -0.3 is 15.8 Å². The van der Waals surface area contributed by atoms with Gasteiger partial charge in [-0.3, -0.25) is 9.78 Å². The summed E-state index contributed by atoms with van der Waals surface area (Å²) in [7, 11) is 0. The van der Waals surface area contributed by atoms with Gasteiger partial charge in [-0.1, -0.05) is 12.1 Å². The van der Waals surface area contributed by atoms with Gasteiger partial charge in [-0.15, -0.1) is 0 Å². The molecule has 2 heterocycles. The monoisotopic (exact) mass is 344 g/mol. The molecule has 0 saturated carbocycles. The van der Waals surface area contributed by atoms with Crippen molar-refractivity contribution in [1.29, 1.82) is 0 Å². The molecule has 0 aliphatic rings. The van der Waals surface area contributed by atoms with Crippen LogP contribution in [0, 0.1) is 6.92 Å². The highest BCUT2D eigenvalue weighted by Crippen LogP contribution is 2.38. The standard InChI is InChI=1S/C20H16N4O2/c1-11-5-6-12(25)8-13(11)14-9-15(16-4-2-3-7-22-16)19-17(18(14)21)20(26)24-10-23-19/h2-10,25H,21H2,1H3,(H,23,24,26). The summed E-state index contributed by atoms with van der Waals surface area (Å²) in [5.41, 5.74) is 10.6. The van der Waals surface area contributed by atoms with E-state index in [1.54, 1.807) is 18.3 Å². The molecule has 0 amide bonds. The minimum absolute atomic E-state index is 0.129. The van der Waals surface area contributed by atoms with Crippen molar-refractivity contribution in [3.63, 3.8) is 0 Å². The van der Waals surface area contributed by atoms with Crippen LogP contribution in [0.5, 0.6) is 5.75 Å². The van der Waals surface area contributed by atoms with Gasteiger partial charge in [0.05, 0.1) is 28.6 Å². The highest BCUT2D eigenvalue weighted by Gasteiger charge is 2.18. The Bertz CT molecular complexity index is 1180. The molecule has 128 valence electrons. The molecular weight excluding hydrogens is 328 g/mol. The Hall–Kier alpha value is -3.67. The van der Waals surface area contributed by atoms with Gasteiger partial charge in [0.25, 0.3) is 5.56 Å². The van der Waals surface area contributed by atoms with Gasteiger partial charge in [0, 0.05) is 17.3 Å². The zero-order chi connectivity index (χ0) is 18.3. The third-order valence-electron chi connectivity index (χ3n) is 4.41. The van der Waals surface area contributed by atoms with Crippen LogP contribution in [0.3, 0.4) is 0 Å². The van der Waals surface area contributed by atoms with Crippen molar-refractivity contribution in [2.45, 2.75) is 6.92 Å². The van der Waals surface area contributed by atoms with E-state index in [-0.39, 0.29) is 11.3 Å². The van der Waals surface area contributed by atoms with E-state index < -0.39 is 0 Å². The van der Waals surface area contributed by atoms with Crippen LogP contribution in [0.4, 0.5) is 5.69 Å². The Morgan fingerprint density at radius 1 is 1.04 bits per heavy atom. The predicted molar refractivity (Wildman–Crippen MR) is 102 cm³/mol. The number of hydrogen-bond donors (Lipinski definition) is 3. The van der Waals surface area contributed by atoms with Crippen LogP contribution in [-0.2, 0) is 0 Å². The van der Waals surface area contributed by atoms with Gasteiger partial charge in [-0.25, -0.2) is 4.98 Å². The topological polar surface area (TPSA) is 105 Å². The Kier molecular flexibility index (Phi) is 3.65. The lowest BCUT2D eigenvalue weighted by Crippen LogP contribution is -2.10. The number of phenols is 1. The number of rotatable bonds is 2. The number of nitrogens with one attached hydrogen (secondary N) is 1. The van der Waals surface area contributed by atoms with E-state index in [1.165, 1.54) is 6.33 Å². The minimum Gasteiger partial charge on any atom is -0.508 e. The van der Waals surface area contributed by atoms with Gasteiger partial charge in [-0.05, 0) is 48.4 Å². The first kappa shape index (κ1) is 15.8. The Balaban J connectivity index is 2.16. The highest BCUT2D eigenvalue weighted by molar-refractivity contribution is 6.06. The molecule has 4 aromatic rings. The molecule has 0 fully saturated rings. The number of benzene rings is 2. The van der Waals surface area contributed by atoms with Crippen LogP contribution in [-0.4, -0.2) is 20.1 Å².